The lowest BCUT2D eigenvalue weighted by Crippen LogP contribution is -2.53. The molecule has 0 aliphatic heterocycles. The van der Waals surface area contributed by atoms with E-state index in [1.807, 2.05) is 60.7 Å². The molecule has 2 amide bonds. The molecule has 1 atom stereocenters. The molecule has 218 valence electrons. The van der Waals surface area contributed by atoms with Gasteiger partial charge in [0.25, 0.3) is 10.0 Å². The molecule has 0 aliphatic rings. The molecule has 0 fully saturated rings. The van der Waals surface area contributed by atoms with Gasteiger partial charge in [0.05, 0.1) is 20.6 Å². The van der Waals surface area contributed by atoms with Crippen molar-refractivity contribution in [2.75, 3.05) is 17.4 Å². The maximum atomic E-state index is 14.3. The van der Waals surface area contributed by atoms with Gasteiger partial charge in [0.1, 0.15) is 12.6 Å². The molecule has 0 radical (unpaired) electrons. The summed E-state index contributed by atoms with van der Waals surface area (Å²) >= 11 is 12.8. The van der Waals surface area contributed by atoms with Gasteiger partial charge in [-0.2, -0.15) is 0 Å². The van der Waals surface area contributed by atoms with Gasteiger partial charge >= 0.3 is 0 Å². The summed E-state index contributed by atoms with van der Waals surface area (Å²) in [6.07, 6.45) is 0.231. The van der Waals surface area contributed by atoms with E-state index in [-0.39, 0.29) is 39.5 Å². The molecule has 4 rings (SSSR count). The van der Waals surface area contributed by atoms with Gasteiger partial charge in [-0.15, -0.1) is 0 Å². The zero-order chi connectivity index (χ0) is 30.1. The maximum Gasteiger partial charge on any atom is 0.264 e. The Kier molecular flexibility index (Phi) is 10.6. The summed E-state index contributed by atoms with van der Waals surface area (Å²) < 4.78 is 28.9. The summed E-state index contributed by atoms with van der Waals surface area (Å²) in [6.45, 7) is 1.63. The first-order valence-electron chi connectivity index (χ1n) is 13.4. The van der Waals surface area contributed by atoms with E-state index >= 15 is 0 Å². The summed E-state index contributed by atoms with van der Waals surface area (Å²) in [5, 5.41) is 2.97. The highest BCUT2D eigenvalue weighted by Crippen LogP contribution is 2.35. The number of carbonyl (C=O) groups is 2. The number of anilines is 1. The van der Waals surface area contributed by atoms with Crippen molar-refractivity contribution < 1.29 is 18.0 Å². The van der Waals surface area contributed by atoms with Crippen LogP contribution in [0.4, 0.5) is 5.69 Å². The molecule has 7 nitrogen and oxygen atoms in total. The van der Waals surface area contributed by atoms with Gasteiger partial charge in [0.15, 0.2) is 0 Å². The van der Waals surface area contributed by atoms with Crippen molar-refractivity contribution in [2.24, 2.45) is 0 Å². The van der Waals surface area contributed by atoms with E-state index in [1.165, 1.54) is 29.2 Å². The summed E-state index contributed by atoms with van der Waals surface area (Å²) in [5.41, 5.74) is 1.69. The molecule has 0 unspecified atom stereocenters. The second kappa shape index (κ2) is 14.4. The Bertz CT molecular complexity index is 1610. The van der Waals surface area contributed by atoms with Gasteiger partial charge in [-0.25, -0.2) is 8.42 Å². The number of halogens is 2. The summed E-state index contributed by atoms with van der Waals surface area (Å²) in [7, 11) is -4.27. The Hall–Kier alpha value is -3.85. The average Bonchev–Trinajstić information content (AvgIpc) is 3.00. The van der Waals surface area contributed by atoms with Crippen molar-refractivity contribution in [2.45, 2.75) is 30.8 Å². The fourth-order valence-electron chi connectivity index (χ4n) is 4.54. The normalized spacial score (nSPS) is 11.9. The third kappa shape index (κ3) is 7.50. The van der Waals surface area contributed by atoms with Crippen LogP contribution in [0.25, 0.3) is 0 Å². The Morgan fingerprint density at radius 3 is 1.95 bits per heavy atom. The number of nitrogens with zero attached hydrogens (tertiary/aromatic N) is 2. The number of hydrogen-bond donors (Lipinski definition) is 1. The minimum Gasteiger partial charge on any atom is -0.355 e. The smallest absolute Gasteiger partial charge is 0.264 e. The van der Waals surface area contributed by atoms with Gasteiger partial charge in [0, 0.05) is 19.5 Å². The van der Waals surface area contributed by atoms with Crippen LogP contribution in [-0.4, -0.2) is 44.3 Å². The van der Waals surface area contributed by atoms with Crippen LogP contribution in [0.1, 0.15) is 18.1 Å². The van der Waals surface area contributed by atoms with Crippen molar-refractivity contribution in [1.82, 2.24) is 10.2 Å². The first-order valence-corrected chi connectivity index (χ1v) is 15.6. The van der Waals surface area contributed by atoms with Crippen LogP contribution < -0.4 is 9.62 Å². The quantitative estimate of drug-likeness (QED) is 0.211. The molecule has 0 heterocycles. The number of hydrogen-bond acceptors (Lipinski definition) is 4. The van der Waals surface area contributed by atoms with Crippen molar-refractivity contribution in [3.8, 4) is 0 Å². The van der Waals surface area contributed by atoms with Crippen LogP contribution in [-0.2, 0) is 32.6 Å². The second-order valence-electron chi connectivity index (χ2n) is 9.51. The van der Waals surface area contributed by atoms with Gasteiger partial charge < -0.3 is 10.2 Å². The molecular weight excluding hydrogens is 593 g/mol. The average molecular weight is 625 g/mol. The van der Waals surface area contributed by atoms with Gasteiger partial charge in [-0.1, -0.05) is 108 Å². The number of likely N-dealkylation sites (N-methyl/N-ethyl adjacent to an activating group) is 1. The summed E-state index contributed by atoms with van der Waals surface area (Å²) in [4.78, 5) is 29.2. The largest absolute Gasteiger partial charge is 0.355 e. The van der Waals surface area contributed by atoms with E-state index < -0.39 is 28.5 Å². The standard InChI is InChI=1S/C32H31Cl2N3O4S/c1-2-35-32(39)29(21-24-13-6-3-7-14-24)36(22-25-15-8-4-9-16-25)30(38)23-37(28-20-12-19-27(33)31(28)34)42(40,41)26-17-10-5-11-18-26/h3-20,29H,2,21-23H2,1H3,(H,35,39)/t29-/m0/s1. The molecule has 0 saturated carbocycles. The Balaban J connectivity index is 1.81. The molecule has 0 saturated heterocycles. The van der Waals surface area contributed by atoms with E-state index in [2.05, 4.69) is 5.32 Å². The first-order chi connectivity index (χ1) is 20.2. The van der Waals surface area contributed by atoms with Gasteiger partial charge in [-0.3, -0.25) is 13.9 Å². The topological polar surface area (TPSA) is 86.8 Å². The number of sulfonamides is 1. The Labute approximate surface area is 256 Å². The van der Waals surface area contributed by atoms with Gasteiger partial charge in [-0.05, 0) is 42.3 Å². The predicted octanol–water partition coefficient (Wildman–Crippen LogP) is 5.96. The van der Waals surface area contributed by atoms with E-state index in [9.17, 15) is 18.0 Å². The molecule has 10 heteroatoms. The highest BCUT2D eigenvalue weighted by atomic mass is 35.5. The molecule has 4 aromatic rings. The van der Waals surface area contributed by atoms with E-state index in [1.54, 1.807) is 31.2 Å². The lowest BCUT2D eigenvalue weighted by atomic mass is 10.0. The fraction of sp³-hybridized carbons (Fsp3) is 0.188. The number of carbonyl (C=O) groups excluding carboxylic acids is 2. The molecule has 0 aliphatic carbocycles. The lowest BCUT2D eigenvalue weighted by molar-refractivity contribution is -0.140. The highest BCUT2D eigenvalue weighted by Gasteiger charge is 2.35. The van der Waals surface area contributed by atoms with Crippen LogP contribution in [0.15, 0.2) is 114 Å². The molecular formula is C32H31Cl2N3O4S. The van der Waals surface area contributed by atoms with Crippen molar-refractivity contribution in [3.05, 3.63) is 130 Å². The van der Waals surface area contributed by atoms with Crippen molar-refractivity contribution >= 4 is 50.7 Å². The molecule has 42 heavy (non-hydrogen) atoms. The van der Waals surface area contributed by atoms with E-state index in [0.29, 0.717) is 6.54 Å². The monoisotopic (exact) mass is 623 g/mol. The second-order valence-corrected chi connectivity index (χ2v) is 12.2. The third-order valence-corrected chi connectivity index (χ3v) is 9.21. The third-order valence-electron chi connectivity index (χ3n) is 6.63. The molecule has 0 aromatic heterocycles. The van der Waals surface area contributed by atoms with Crippen LogP contribution in [0.5, 0.6) is 0 Å². The molecule has 1 N–H and O–H groups in total. The van der Waals surface area contributed by atoms with E-state index in [4.69, 9.17) is 23.2 Å². The zero-order valence-corrected chi connectivity index (χ0v) is 25.3. The summed E-state index contributed by atoms with van der Waals surface area (Å²) in [5.74, 6) is -0.925. The number of rotatable bonds is 12. The molecule has 4 aromatic carbocycles. The SMILES string of the molecule is CCNC(=O)[C@H](Cc1ccccc1)N(Cc1ccccc1)C(=O)CN(c1cccc(Cl)c1Cl)S(=O)(=O)c1ccccc1. The van der Waals surface area contributed by atoms with Crippen LogP contribution in [0.3, 0.4) is 0 Å². The first kappa shape index (κ1) is 31.1. The highest BCUT2D eigenvalue weighted by molar-refractivity contribution is 7.92. The van der Waals surface area contributed by atoms with Crippen LogP contribution >= 0.6 is 23.2 Å². The Morgan fingerprint density at radius 2 is 1.36 bits per heavy atom. The molecule has 0 spiro atoms. The predicted molar refractivity (Wildman–Crippen MR) is 167 cm³/mol. The maximum absolute atomic E-state index is 14.3. The zero-order valence-electron chi connectivity index (χ0n) is 23.0. The number of nitrogens with one attached hydrogen (secondary N) is 1. The lowest BCUT2D eigenvalue weighted by Gasteiger charge is -2.34. The minimum atomic E-state index is -4.27. The minimum absolute atomic E-state index is 0.00866. The van der Waals surface area contributed by atoms with E-state index in [0.717, 1.165) is 15.4 Å². The van der Waals surface area contributed by atoms with Crippen LogP contribution in [0.2, 0.25) is 10.0 Å². The Morgan fingerprint density at radius 1 is 0.786 bits per heavy atom. The van der Waals surface area contributed by atoms with Crippen LogP contribution in [0, 0.1) is 0 Å². The van der Waals surface area contributed by atoms with Crippen molar-refractivity contribution in [1.29, 1.82) is 0 Å². The van der Waals surface area contributed by atoms with Gasteiger partial charge in [0.2, 0.25) is 11.8 Å². The summed E-state index contributed by atoms with van der Waals surface area (Å²) in [6, 6.07) is 30.1. The number of amides is 2. The fourth-order valence-corrected chi connectivity index (χ4v) is 6.44. The number of benzene rings is 4. The molecule has 0 bridgehead atoms. The van der Waals surface area contributed by atoms with Crippen molar-refractivity contribution in [3.63, 3.8) is 0 Å².